The maximum atomic E-state index is 12.0. The van der Waals surface area contributed by atoms with Crippen LogP contribution >= 0.6 is 23.3 Å². The van der Waals surface area contributed by atoms with Gasteiger partial charge in [0.1, 0.15) is 16.8 Å². The lowest BCUT2D eigenvalue weighted by Gasteiger charge is -2.20. The van der Waals surface area contributed by atoms with Crippen LogP contribution in [0, 0.1) is 11.8 Å². The van der Waals surface area contributed by atoms with Crippen molar-refractivity contribution < 1.29 is 14.6 Å². The number of benzene rings is 2. The summed E-state index contributed by atoms with van der Waals surface area (Å²) in [7, 11) is 0. The van der Waals surface area contributed by atoms with E-state index in [2.05, 4.69) is 8.75 Å². The summed E-state index contributed by atoms with van der Waals surface area (Å²) in [4.78, 5) is 12.0. The van der Waals surface area contributed by atoms with E-state index in [4.69, 9.17) is 16.3 Å². The van der Waals surface area contributed by atoms with Crippen LogP contribution in [0.1, 0.15) is 44.6 Å². The number of aliphatic carboxylic acids is 1. The molecule has 0 bridgehead atoms. The van der Waals surface area contributed by atoms with Gasteiger partial charge in [0.2, 0.25) is 0 Å². The molecule has 0 saturated heterocycles. The average molecular weight is 431 g/mol. The topological polar surface area (TPSA) is 72.3 Å². The summed E-state index contributed by atoms with van der Waals surface area (Å²) in [6, 6.07) is 9.49. The van der Waals surface area contributed by atoms with E-state index in [1.807, 2.05) is 38.1 Å². The molecule has 5 nitrogen and oxygen atoms in total. The molecule has 0 amide bonds. The van der Waals surface area contributed by atoms with Gasteiger partial charge in [-0.1, -0.05) is 31.5 Å². The Morgan fingerprint density at radius 2 is 2.00 bits per heavy atom. The molecule has 1 unspecified atom stereocenters. The van der Waals surface area contributed by atoms with Crippen LogP contribution in [0.2, 0.25) is 5.02 Å². The summed E-state index contributed by atoms with van der Waals surface area (Å²) >= 11 is 7.80. The van der Waals surface area contributed by atoms with Crippen molar-refractivity contribution in [2.45, 2.75) is 39.0 Å². The maximum absolute atomic E-state index is 12.0. The van der Waals surface area contributed by atoms with Gasteiger partial charge in [-0.25, -0.2) is 0 Å². The Labute approximate surface area is 179 Å². The Balaban J connectivity index is 1.81. The molecule has 0 aliphatic heterocycles. The van der Waals surface area contributed by atoms with E-state index >= 15 is 0 Å². The zero-order valence-electron chi connectivity index (χ0n) is 16.4. The van der Waals surface area contributed by atoms with Crippen molar-refractivity contribution >= 4 is 40.3 Å². The number of carboxylic acid groups (broad SMARTS) is 1. The van der Waals surface area contributed by atoms with Gasteiger partial charge in [-0.2, -0.15) is 8.75 Å². The number of ether oxygens (including phenoxy) is 1. The molecule has 0 radical (unpaired) electrons. The molecule has 1 aliphatic rings. The monoisotopic (exact) mass is 430 g/mol. The number of nitrogens with zero attached hydrogens (tertiary/aromatic N) is 2. The Hall–Kier alpha value is -2.18. The van der Waals surface area contributed by atoms with E-state index in [1.54, 1.807) is 6.07 Å². The van der Waals surface area contributed by atoms with E-state index < -0.39 is 11.9 Å². The number of carbonyl (C=O) groups is 1. The van der Waals surface area contributed by atoms with Gasteiger partial charge in [0.25, 0.3) is 0 Å². The highest BCUT2D eigenvalue weighted by Gasteiger charge is 2.26. The van der Waals surface area contributed by atoms with Gasteiger partial charge in [-0.15, -0.1) is 0 Å². The van der Waals surface area contributed by atoms with Crippen LogP contribution in [-0.2, 0) is 4.79 Å². The fourth-order valence-electron chi connectivity index (χ4n) is 3.46. The molecular weight excluding hydrogens is 408 g/mol. The molecule has 1 aromatic heterocycles. The smallest absolute Gasteiger partial charge is 0.310 e. The summed E-state index contributed by atoms with van der Waals surface area (Å²) in [6.45, 7) is 4.67. The number of hydrogen-bond donors (Lipinski definition) is 1. The summed E-state index contributed by atoms with van der Waals surface area (Å²) in [5.74, 6) is -0.0171. The first-order valence-electron chi connectivity index (χ1n) is 9.84. The number of rotatable bonds is 8. The van der Waals surface area contributed by atoms with Gasteiger partial charge < -0.3 is 9.84 Å². The Bertz CT molecular complexity index is 1050. The summed E-state index contributed by atoms with van der Waals surface area (Å²) in [5, 5.41) is 10.3. The predicted octanol–water partition coefficient (Wildman–Crippen LogP) is 6.01. The number of aromatic nitrogens is 2. The third kappa shape index (κ3) is 4.54. The highest BCUT2D eigenvalue weighted by Crippen LogP contribution is 2.42. The SMILES string of the molecule is CC(C)CC(C(=O)O)c1cc(Cl)c(OCC2CC2)c(-c2ccc3nsnc3c2)c1. The summed E-state index contributed by atoms with van der Waals surface area (Å²) in [5.41, 5.74) is 4.04. The van der Waals surface area contributed by atoms with Crippen LogP contribution in [0.25, 0.3) is 22.2 Å². The van der Waals surface area contributed by atoms with Crippen molar-refractivity contribution in [1.29, 1.82) is 0 Å². The molecule has 4 rings (SSSR count). The number of carboxylic acids is 1. The fraction of sp³-hybridized carbons (Fsp3) is 0.409. The third-order valence-corrected chi connectivity index (χ3v) is 6.04. The van der Waals surface area contributed by atoms with Gasteiger partial charge in [0, 0.05) is 5.56 Å². The molecule has 0 spiro atoms. The zero-order valence-corrected chi connectivity index (χ0v) is 18.0. The van der Waals surface area contributed by atoms with Crippen molar-refractivity contribution in [3.8, 4) is 16.9 Å². The molecule has 2 aromatic carbocycles. The van der Waals surface area contributed by atoms with Crippen molar-refractivity contribution in [2.75, 3.05) is 6.61 Å². The molecule has 7 heteroatoms. The molecule has 1 atom stereocenters. The van der Waals surface area contributed by atoms with Crippen LogP contribution in [0.3, 0.4) is 0 Å². The molecule has 3 aromatic rings. The van der Waals surface area contributed by atoms with Crippen LogP contribution in [0.15, 0.2) is 30.3 Å². The zero-order chi connectivity index (χ0) is 20.5. The number of fused-ring (bicyclic) bond motifs is 1. The molecule has 1 N–H and O–H groups in total. The molecule has 152 valence electrons. The molecule has 1 heterocycles. The van der Waals surface area contributed by atoms with Crippen LogP contribution in [0.5, 0.6) is 5.75 Å². The molecule has 1 saturated carbocycles. The second-order valence-electron chi connectivity index (χ2n) is 8.12. The second kappa shape index (κ2) is 8.28. The van der Waals surface area contributed by atoms with Gasteiger partial charge in [-0.05, 0) is 66.5 Å². The maximum Gasteiger partial charge on any atom is 0.310 e. The first kappa shape index (κ1) is 20.1. The van der Waals surface area contributed by atoms with E-state index in [0.29, 0.717) is 35.3 Å². The van der Waals surface area contributed by atoms with Crippen LogP contribution in [0.4, 0.5) is 0 Å². The van der Waals surface area contributed by atoms with E-state index in [0.717, 1.165) is 22.2 Å². The lowest BCUT2D eigenvalue weighted by molar-refractivity contribution is -0.139. The first-order chi connectivity index (χ1) is 13.9. The Morgan fingerprint density at radius 3 is 2.69 bits per heavy atom. The Morgan fingerprint density at radius 1 is 1.24 bits per heavy atom. The van der Waals surface area contributed by atoms with Gasteiger partial charge >= 0.3 is 5.97 Å². The van der Waals surface area contributed by atoms with E-state index in [1.165, 1.54) is 24.6 Å². The van der Waals surface area contributed by atoms with Gasteiger partial charge in [0.05, 0.1) is 29.3 Å². The fourth-order valence-corrected chi connectivity index (χ4v) is 4.26. The third-order valence-electron chi connectivity index (χ3n) is 5.20. The Kier molecular flexibility index (Phi) is 5.74. The summed E-state index contributed by atoms with van der Waals surface area (Å²) < 4.78 is 14.7. The van der Waals surface area contributed by atoms with Crippen molar-refractivity contribution in [1.82, 2.24) is 8.75 Å². The predicted molar refractivity (Wildman–Crippen MR) is 116 cm³/mol. The second-order valence-corrected chi connectivity index (χ2v) is 9.06. The molecule has 29 heavy (non-hydrogen) atoms. The van der Waals surface area contributed by atoms with E-state index in [9.17, 15) is 9.90 Å². The van der Waals surface area contributed by atoms with Gasteiger partial charge in [-0.3, -0.25) is 4.79 Å². The average Bonchev–Trinajstić information content (AvgIpc) is 3.38. The molecule has 1 fully saturated rings. The van der Waals surface area contributed by atoms with Gasteiger partial charge in [0.15, 0.2) is 0 Å². The largest absolute Gasteiger partial charge is 0.491 e. The van der Waals surface area contributed by atoms with Crippen molar-refractivity contribution in [3.63, 3.8) is 0 Å². The van der Waals surface area contributed by atoms with Crippen molar-refractivity contribution in [3.05, 3.63) is 40.9 Å². The minimum atomic E-state index is -0.841. The number of hydrogen-bond acceptors (Lipinski definition) is 5. The number of halogens is 1. The lowest BCUT2D eigenvalue weighted by Crippen LogP contribution is -2.14. The molecule has 1 aliphatic carbocycles. The van der Waals surface area contributed by atoms with Crippen LogP contribution in [-0.4, -0.2) is 26.4 Å². The quantitative estimate of drug-likeness (QED) is 0.473. The first-order valence-corrected chi connectivity index (χ1v) is 10.9. The highest BCUT2D eigenvalue weighted by molar-refractivity contribution is 7.00. The van der Waals surface area contributed by atoms with Crippen molar-refractivity contribution in [2.24, 2.45) is 11.8 Å². The normalized spacial score (nSPS) is 15.0. The highest BCUT2D eigenvalue weighted by atomic mass is 35.5. The standard InChI is InChI=1S/C22H23ClN2O3S/c1-12(2)7-17(22(26)27)15-8-16(14-5-6-19-20(10-14)25-29-24-19)21(18(23)9-15)28-11-13-3-4-13/h5-6,8-10,12-13,17H,3-4,7,11H2,1-2H3,(H,26,27). The minimum Gasteiger partial charge on any atom is -0.491 e. The van der Waals surface area contributed by atoms with Crippen LogP contribution < -0.4 is 4.74 Å². The lowest BCUT2D eigenvalue weighted by atomic mass is 9.88. The summed E-state index contributed by atoms with van der Waals surface area (Å²) in [6.07, 6.45) is 2.90. The van der Waals surface area contributed by atoms with E-state index in [-0.39, 0.29) is 5.92 Å². The molecular formula is C22H23ClN2O3S. The minimum absolute atomic E-state index is 0.251.